The molecule has 0 bridgehead atoms. The Balaban J connectivity index is 1.50. The van der Waals surface area contributed by atoms with Crippen molar-refractivity contribution in [2.45, 2.75) is 17.9 Å². The van der Waals surface area contributed by atoms with Crippen LogP contribution in [0.1, 0.15) is 11.4 Å². The first kappa shape index (κ1) is 20.7. The van der Waals surface area contributed by atoms with Crippen molar-refractivity contribution in [2.24, 2.45) is 0 Å². The van der Waals surface area contributed by atoms with Crippen LogP contribution in [0.15, 0.2) is 63.0 Å². The van der Waals surface area contributed by atoms with Gasteiger partial charge in [-0.2, -0.15) is 10.2 Å². The highest BCUT2D eigenvalue weighted by molar-refractivity contribution is 7.98. The molecule has 0 amide bonds. The molecule has 0 spiro atoms. The van der Waals surface area contributed by atoms with Crippen LogP contribution >= 0.6 is 35.0 Å². The first-order chi connectivity index (χ1) is 15.5. The van der Waals surface area contributed by atoms with Crippen LogP contribution in [0.3, 0.4) is 0 Å². The van der Waals surface area contributed by atoms with E-state index in [9.17, 15) is 4.79 Å². The number of nitrogens with zero attached hydrogens (tertiary/aromatic N) is 5. The largest absolute Gasteiger partial charge is 0.411 e. The van der Waals surface area contributed by atoms with Gasteiger partial charge in [0.25, 0.3) is 10.8 Å². The topological polar surface area (TPSA) is 102 Å². The zero-order valence-electron chi connectivity index (χ0n) is 16.5. The fourth-order valence-electron chi connectivity index (χ4n) is 3.32. The monoisotopic (exact) mass is 484 g/mol. The van der Waals surface area contributed by atoms with E-state index in [4.69, 9.17) is 27.6 Å². The summed E-state index contributed by atoms with van der Waals surface area (Å²) < 4.78 is 7.35. The Labute approximate surface area is 195 Å². The predicted octanol–water partition coefficient (Wildman–Crippen LogP) is 5.07. The van der Waals surface area contributed by atoms with E-state index < -0.39 is 5.56 Å². The number of H-pyrrole nitrogens is 1. The van der Waals surface area contributed by atoms with Gasteiger partial charge >= 0.3 is 0 Å². The van der Waals surface area contributed by atoms with E-state index >= 15 is 0 Å². The molecule has 5 rings (SSSR count). The van der Waals surface area contributed by atoms with Gasteiger partial charge in [0.1, 0.15) is 0 Å². The lowest BCUT2D eigenvalue weighted by atomic mass is 10.2. The Morgan fingerprint density at radius 2 is 1.94 bits per heavy atom. The molecule has 32 heavy (non-hydrogen) atoms. The van der Waals surface area contributed by atoms with Gasteiger partial charge in [-0.3, -0.25) is 4.79 Å². The van der Waals surface area contributed by atoms with Crippen LogP contribution in [0.2, 0.25) is 10.0 Å². The zero-order chi connectivity index (χ0) is 22.2. The van der Waals surface area contributed by atoms with Crippen molar-refractivity contribution in [2.75, 3.05) is 0 Å². The van der Waals surface area contributed by atoms with Crippen LogP contribution in [0.4, 0.5) is 0 Å². The highest BCUT2D eigenvalue weighted by Gasteiger charge is 2.19. The van der Waals surface area contributed by atoms with Crippen LogP contribution in [0.25, 0.3) is 28.0 Å². The third kappa shape index (κ3) is 3.79. The normalized spacial score (nSPS) is 11.3. The molecule has 2 aromatic carbocycles. The quantitative estimate of drug-likeness (QED) is 0.347. The summed E-state index contributed by atoms with van der Waals surface area (Å²) in [5.74, 6) is 0.826. The first-order valence-electron chi connectivity index (χ1n) is 9.45. The summed E-state index contributed by atoms with van der Waals surface area (Å²) in [6.07, 6.45) is 0. The molecular weight excluding hydrogens is 471 g/mol. The number of benzene rings is 2. The summed E-state index contributed by atoms with van der Waals surface area (Å²) in [4.78, 5) is 12.4. The van der Waals surface area contributed by atoms with Crippen molar-refractivity contribution in [1.29, 1.82) is 0 Å². The third-order valence-electron chi connectivity index (χ3n) is 4.81. The molecule has 0 unspecified atom stereocenters. The fraction of sp³-hybridized carbons (Fsp3) is 0.0952. The number of fused-ring (bicyclic) bond motifs is 1. The summed E-state index contributed by atoms with van der Waals surface area (Å²) in [6.45, 7) is 1.85. The molecule has 1 N–H and O–H groups in total. The lowest BCUT2D eigenvalue weighted by Crippen LogP contribution is -2.10. The number of hydrogen-bond donors (Lipinski definition) is 1. The minimum absolute atomic E-state index is 0.264. The average molecular weight is 485 g/mol. The molecule has 3 aromatic heterocycles. The average Bonchev–Trinajstić information content (AvgIpc) is 3.41. The minimum Gasteiger partial charge on any atom is -0.411 e. The van der Waals surface area contributed by atoms with E-state index in [2.05, 4.69) is 25.5 Å². The Kier molecular flexibility index (Phi) is 5.46. The summed E-state index contributed by atoms with van der Waals surface area (Å²) in [6, 6.07) is 14.6. The smallest absolute Gasteiger partial charge is 0.292 e. The maximum absolute atomic E-state index is 12.4. The number of halogens is 2. The maximum atomic E-state index is 12.4. The summed E-state index contributed by atoms with van der Waals surface area (Å²) in [5, 5.41) is 21.4. The second-order valence-corrected chi connectivity index (χ2v) is 8.61. The summed E-state index contributed by atoms with van der Waals surface area (Å²) in [7, 11) is 0. The molecule has 0 radical (unpaired) electrons. The van der Waals surface area contributed by atoms with Crippen LogP contribution in [-0.2, 0) is 5.75 Å². The van der Waals surface area contributed by atoms with E-state index in [1.165, 1.54) is 11.8 Å². The van der Waals surface area contributed by atoms with Crippen molar-refractivity contribution in [3.05, 3.63) is 80.3 Å². The van der Waals surface area contributed by atoms with Crippen LogP contribution < -0.4 is 5.56 Å². The number of aryl methyl sites for hydroxylation is 1. The number of aromatic amines is 1. The van der Waals surface area contributed by atoms with Crippen LogP contribution in [-0.4, -0.2) is 30.2 Å². The van der Waals surface area contributed by atoms with Gasteiger partial charge in [0, 0.05) is 16.3 Å². The second kappa shape index (κ2) is 8.42. The fourth-order valence-corrected chi connectivity index (χ4v) is 4.39. The van der Waals surface area contributed by atoms with Gasteiger partial charge in [-0.05, 0) is 37.3 Å². The van der Waals surface area contributed by atoms with Crippen LogP contribution in [0, 0.1) is 6.92 Å². The van der Waals surface area contributed by atoms with E-state index in [0.29, 0.717) is 49.4 Å². The highest BCUT2D eigenvalue weighted by atomic mass is 35.5. The van der Waals surface area contributed by atoms with Gasteiger partial charge in [-0.1, -0.05) is 53.2 Å². The first-order valence-corrected chi connectivity index (χ1v) is 11.2. The lowest BCUT2D eigenvalue weighted by molar-refractivity contribution is 0.466. The molecular formula is C21H14Cl2N6O2S. The molecule has 0 aliphatic heterocycles. The summed E-state index contributed by atoms with van der Waals surface area (Å²) in [5.41, 5.74) is 2.64. The molecule has 8 nitrogen and oxygen atoms in total. The van der Waals surface area contributed by atoms with E-state index in [1.807, 2.05) is 37.3 Å². The Morgan fingerprint density at radius 1 is 1.12 bits per heavy atom. The number of hydrogen-bond acceptors (Lipinski definition) is 7. The van der Waals surface area contributed by atoms with Gasteiger partial charge in [0.2, 0.25) is 5.89 Å². The molecule has 0 saturated carbocycles. The van der Waals surface area contributed by atoms with Crippen LogP contribution in [0.5, 0.6) is 0 Å². The van der Waals surface area contributed by atoms with Crippen molar-refractivity contribution in [3.63, 3.8) is 0 Å². The standard InChI is InChI=1S/C21H14Cl2N6O2S/c1-11-17-15(10-32-21-27-26-20(31-21)12-5-3-2-4-6-12)24-25-19(30)18(17)28-29(11)16-9-13(22)7-8-14(16)23/h2-9H,10H2,1H3,(H,25,30). The van der Waals surface area contributed by atoms with Crippen molar-refractivity contribution in [3.8, 4) is 17.1 Å². The van der Waals surface area contributed by atoms with Gasteiger partial charge in [0.05, 0.1) is 27.5 Å². The number of thioether (sulfide) groups is 1. The highest BCUT2D eigenvalue weighted by Crippen LogP contribution is 2.31. The molecule has 0 fully saturated rings. The van der Waals surface area contributed by atoms with Crippen molar-refractivity contribution >= 4 is 45.9 Å². The van der Waals surface area contributed by atoms with Crippen molar-refractivity contribution in [1.82, 2.24) is 30.2 Å². The van der Waals surface area contributed by atoms with E-state index in [1.54, 1.807) is 22.9 Å². The van der Waals surface area contributed by atoms with Gasteiger partial charge in [0.15, 0.2) is 5.52 Å². The molecule has 0 aliphatic carbocycles. The van der Waals surface area contributed by atoms with Gasteiger partial charge in [-0.25, -0.2) is 9.78 Å². The maximum Gasteiger partial charge on any atom is 0.292 e. The predicted molar refractivity (Wildman–Crippen MR) is 124 cm³/mol. The summed E-state index contributed by atoms with van der Waals surface area (Å²) >= 11 is 13.8. The molecule has 5 aromatic rings. The molecule has 11 heteroatoms. The lowest BCUT2D eigenvalue weighted by Gasteiger charge is -2.07. The minimum atomic E-state index is -0.391. The molecule has 0 atom stereocenters. The molecule has 0 saturated heterocycles. The Bertz CT molecular complexity index is 1500. The molecule has 160 valence electrons. The van der Waals surface area contributed by atoms with Gasteiger partial charge in [-0.15, -0.1) is 10.2 Å². The second-order valence-electron chi connectivity index (χ2n) is 6.84. The van der Waals surface area contributed by atoms with E-state index in [0.717, 1.165) is 5.56 Å². The Hall–Kier alpha value is -3.14. The SMILES string of the molecule is Cc1c2c(CSc3nnc(-c4ccccc4)o3)n[nH]c(=O)c2nn1-c1cc(Cl)ccc1Cl. The van der Waals surface area contributed by atoms with E-state index in [-0.39, 0.29) is 5.52 Å². The molecule has 0 aliphatic rings. The number of rotatable bonds is 5. The Morgan fingerprint density at radius 3 is 2.75 bits per heavy atom. The number of aromatic nitrogens is 6. The zero-order valence-corrected chi connectivity index (χ0v) is 18.9. The van der Waals surface area contributed by atoms with Crippen molar-refractivity contribution < 1.29 is 4.42 Å². The number of nitrogens with one attached hydrogen (secondary N) is 1. The van der Waals surface area contributed by atoms with Gasteiger partial charge < -0.3 is 4.42 Å². The third-order valence-corrected chi connectivity index (χ3v) is 6.19. The molecule has 3 heterocycles.